The van der Waals surface area contributed by atoms with Gasteiger partial charge in [0, 0.05) is 30.7 Å². The van der Waals surface area contributed by atoms with Crippen molar-refractivity contribution in [3.63, 3.8) is 0 Å². The van der Waals surface area contributed by atoms with Gasteiger partial charge in [-0.25, -0.2) is 0 Å². The minimum absolute atomic E-state index is 0.0953. The van der Waals surface area contributed by atoms with Gasteiger partial charge in [-0.3, -0.25) is 19.6 Å². The SMILES string of the molecule is CCOC(=O)CCCCCC(C(=O)Nc1ccccc1)c1cnccn1. The van der Waals surface area contributed by atoms with E-state index in [-0.39, 0.29) is 17.8 Å². The Kier molecular flexibility index (Phi) is 8.26. The number of benzene rings is 1. The first-order chi connectivity index (χ1) is 12.7. The zero-order chi connectivity index (χ0) is 18.6. The highest BCUT2D eigenvalue weighted by molar-refractivity contribution is 5.95. The van der Waals surface area contributed by atoms with Crippen molar-refractivity contribution in [1.29, 1.82) is 0 Å². The summed E-state index contributed by atoms with van der Waals surface area (Å²) in [6.45, 7) is 2.21. The van der Waals surface area contributed by atoms with Crippen LogP contribution in [0.4, 0.5) is 5.69 Å². The maximum Gasteiger partial charge on any atom is 0.305 e. The number of rotatable bonds is 10. The summed E-state index contributed by atoms with van der Waals surface area (Å²) in [5, 5.41) is 2.94. The van der Waals surface area contributed by atoms with E-state index in [1.54, 1.807) is 25.5 Å². The molecule has 0 aliphatic carbocycles. The number of carbonyl (C=O) groups excluding carboxylic acids is 2. The second-order valence-corrected chi connectivity index (χ2v) is 5.94. The first-order valence-electron chi connectivity index (χ1n) is 8.98. The summed E-state index contributed by atoms with van der Waals surface area (Å²) in [4.78, 5) is 32.5. The number of amides is 1. The number of hydrogen-bond acceptors (Lipinski definition) is 5. The Morgan fingerprint density at radius 2 is 1.92 bits per heavy atom. The summed E-state index contributed by atoms with van der Waals surface area (Å²) < 4.78 is 4.92. The molecule has 1 N–H and O–H groups in total. The molecule has 1 amide bonds. The van der Waals surface area contributed by atoms with E-state index < -0.39 is 0 Å². The highest BCUT2D eigenvalue weighted by Crippen LogP contribution is 2.23. The zero-order valence-corrected chi connectivity index (χ0v) is 15.1. The molecule has 1 atom stereocenters. The molecule has 6 heteroatoms. The summed E-state index contributed by atoms with van der Waals surface area (Å²) in [6, 6.07) is 9.36. The molecule has 1 heterocycles. The fourth-order valence-corrected chi connectivity index (χ4v) is 2.68. The van der Waals surface area contributed by atoms with E-state index in [1.165, 1.54) is 0 Å². The van der Waals surface area contributed by atoms with Crippen molar-refractivity contribution >= 4 is 17.6 Å². The predicted octanol–water partition coefficient (Wildman–Crippen LogP) is 3.71. The number of aromatic nitrogens is 2. The molecule has 0 saturated carbocycles. The van der Waals surface area contributed by atoms with Crippen LogP contribution in [0.5, 0.6) is 0 Å². The quantitative estimate of drug-likeness (QED) is 0.519. The normalized spacial score (nSPS) is 11.6. The lowest BCUT2D eigenvalue weighted by atomic mass is 9.96. The average Bonchev–Trinajstić information content (AvgIpc) is 2.66. The van der Waals surface area contributed by atoms with Gasteiger partial charge in [-0.05, 0) is 31.9 Å². The monoisotopic (exact) mass is 355 g/mol. The Balaban J connectivity index is 1.90. The molecule has 1 aromatic carbocycles. The Morgan fingerprint density at radius 3 is 2.62 bits per heavy atom. The summed E-state index contributed by atoms with van der Waals surface area (Å²) in [7, 11) is 0. The number of anilines is 1. The second-order valence-electron chi connectivity index (χ2n) is 5.94. The van der Waals surface area contributed by atoms with Crippen LogP contribution in [-0.2, 0) is 14.3 Å². The molecule has 1 aromatic heterocycles. The number of ether oxygens (including phenoxy) is 1. The van der Waals surface area contributed by atoms with E-state index in [1.807, 2.05) is 30.3 Å². The van der Waals surface area contributed by atoms with Crippen LogP contribution in [0.2, 0.25) is 0 Å². The van der Waals surface area contributed by atoms with E-state index in [2.05, 4.69) is 15.3 Å². The molecule has 0 bridgehead atoms. The highest BCUT2D eigenvalue weighted by Gasteiger charge is 2.22. The van der Waals surface area contributed by atoms with Crippen LogP contribution in [0.15, 0.2) is 48.9 Å². The number of hydrogen-bond donors (Lipinski definition) is 1. The smallest absolute Gasteiger partial charge is 0.305 e. The maximum atomic E-state index is 12.7. The third-order valence-corrected chi connectivity index (χ3v) is 3.98. The van der Waals surface area contributed by atoms with Crippen molar-refractivity contribution in [2.24, 2.45) is 0 Å². The van der Waals surface area contributed by atoms with Gasteiger partial charge in [0.2, 0.25) is 5.91 Å². The molecule has 0 aliphatic heterocycles. The molecule has 0 aliphatic rings. The van der Waals surface area contributed by atoms with Crippen LogP contribution < -0.4 is 5.32 Å². The highest BCUT2D eigenvalue weighted by atomic mass is 16.5. The van der Waals surface area contributed by atoms with E-state index in [9.17, 15) is 9.59 Å². The van der Waals surface area contributed by atoms with Crippen molar-refractivity contribution in [2.75, 3.05) is 11.9 Å². The van der Waals surface area contributed by atoms with Gasteiger partial charge >= 0.3 is 5.97 Å². The Morgan fingerprint density at radius 1 is 1.12 bits per heavy atom. The molecule has 0 saturated heterocycles. The summed E-state index contributed by atoms with van der Waals surface area (Å²) >= 11 is 0. The van der Waals surface area contributed by atoms with Gasteiger partial charge in [-0.1, -0.05) is 31.0 Å². The van der Waals surface area contributed by atoms with Gasteiger partial charge in [-0.2, -0.15) is 0 Å². The van der Waals surface area contributed by atoms with E-state index in [4.69, 9.17) is 4.74 Å². The van der Waals surface area contributed by atoms with Crippen LogP contribution in [0.1, 0.15) is 50.6 Å². The summed E-state index contributed by atoms with van der Waals surface area (Å²) in [6.07, 6.45) is 8.32. The third kappa shape index (κ3) is 6.63. The van der Waals surface area contributed by atoms with E-state index in [0.717, 1.165) is 24.9 Å². The average molecular weight is 355 g/mol. The number of unbranched alkanes of at least 4 members (excludes halogenated alkanes) is 2. The Labute approximate surface area is 154 Å². The molecule has 138 valence electrons. The number of carbonyl (C=O) groups is 2. The molecule has 6 nitrogen and oxygen atoms in total. The Bertz CT molecular complexity index is 677. The molecular weight excluding hydrogens is 330 g/mol. The van der Waals surface area contributed by atoms with Crippen LogP contribution in [0, 0.1) is 0 Å². The Hall–Kier alpha value is -2.76. The predicted molar refractivity (Wildman–Crippen MR) is 99.6 cm³/mol. The molecule has 0 radical (unpaired) electrons. The topological polar surface area (TPSA) is 81.2 Å². The molecular formula is C20H25N3O3. The van der Waals surface area contributed by atoms with Gasteiger partial charge in [0.05, 0.1) is 18.2 Å². The first-order valence-corrected chi connectivity index (χ1v) is 8.98. The van der Waals surface area contributed by atoms with Gasteiger partial charge in [0.1, 0.15) is 0 Å². The van der Waals surface area contributed by atoms with Gasteiger partial charge in [0.25, 0.3) is 0 Å². The number of esters is 1. The van der Waals surface area contributed by atoms with Gasteiger partial charge in [-0.15, -0.1) is 0 Å². The lowest BCUT2D eigenvalue weighted by molar-refractivity contribution is -0.143. The fraction of sp³-hybridized carbons (Fsp3) is 0.400. The van der Waals surface area contributed by atoms with E-state index >= 15 is 0 Å². The lowest BCUT2D eigenvalue weighted by Gasteiger charge is -2.16. The van der Waals surface area contributed by atoms with Gasteiger partial charge < -0.3 is 10.1 Å². The number of para-hydroxylation sites is 1. The third-order valence-electron chi connectivity index (χ3n) is 3.98. The zero-order valence-electron chi connectivity index (χ0n) is 15.1. The van der Waals surface area contributed by atoms with E-state index in [0.29, 0.717) is 25.1 Å². The lowest BCUT2D eigenvalue weighted by Crippen LogP contribution is -2.22. The van der Waals surface area contributed by atoms with Crippen LogP contribution >= 0.6 is 0 Å². The number of nitrogens with zero attached hydrogens (tertiary/aromatic N) is 2. The van der Waals surface area contributed by atoms with Crippen molar-refractivity contribution in [3.8, 4) is 0 Å². The fourth-order valence-electron chi connectivity index (χ4n) is 2.68. The van der Waals surface area contributed by atoms with Crippen molar-refractivity contribution in [3.05, 3.63) is 54.6 Å². The van der Waals surface area contributed by atoms with Crippen molar-refractivity contribution < 1.29 is 14.3 Å². The van der Waals surface area contributed by atoms with Crippen LogP contribution in [0.25, 0.3) is 0 Å². The molecule has 2 aromatic rings. The van der Waals surface area contributed by atoms with Gasteiger partial charge in [0.15, 0.2) is 0 Å². The largest absolute Gasteiger partial charge is 0.466 e. The molecule has 1 unspecified atom stereocenters. The molecule has 2 rings (SSSR count). The minimum atomic E-state index is -0.369. The minimum Gasteiger partial charge on any atom is -0.466 e. The molecule has 0 fully saturated rings. The maximum absolute atomic E-state index is 12.7. The standard InChI is InChI=1S/C20H25N3O3/c1-2-26-19(24)12-8-4-7-11-17(18-15-21-13-14-22-18)20(25)23-16-9-5-3-6-10-16/h3,5-6,9-10,13-15,17H,2,4,7-8,11-12H2,1H3,(H,23,25). The second kappa shape index (κ2) is 11.0. The van der Waals surface area contributed by atoms with Crippen molar-refractivity contribution in [1.82, 2.24) is 9.97 Å². The summed E-state index contributed by atoms with van der Waals surface area (Å²) in [5.41, 5.74) is 1.42. The molecule has 0 spiro atoms. The summed E-state index contributed by atoms with van der Waals surface area (Å²) in [5.74, 6) is -0.631. The van der Waals surface area contributed by atoms with Crippen LogP contribution in [-0.4, -0.2) is 28.5 Å². The van der Waals surface area contributed by atoms with Crippen molar-refractivity contribution in [2.45, 2.75) is 44.9 Å². The first kappa shape index (κ1) is 19.6. The van der Waals surface area contributed by atoms with Crippen LogP contribution in [0.3, 0.4) is 0 Å². The number of nitrogens with one attached hydrogen (secondary N) is 1. The molecule has 26 heavy (non-hydrogen) atoms.